The zero-order chi connectivity index (χ0) is 13.5. The van der Waals surface area contributed by atoms with Crippen molar-refractivity contribution in [2.45, 2.75) is 13.0 Å². The fraction of sp³-hybridized carbons (Fsp3) is 0.231. The van der Waals surface area contributed by atoms with E-state index in [4.69, 9.17) is 5.73 Å². The highest BCUT2D eigenvalue weighted by Crippen LogP contribution is 2.06. The minimum absolute atomic E-state index is 0.232. The van der Waals surface area contributed by atoms with Gasteiger partial charge in [0.1, 0.15) is 6.04 Å². The van der Waals surface area contributed by atoms with Crippen molar-refractivity contribution >= 4 is 23.6 Å². The Kier molecular flexibility index (Phi) is 4.92. The largest absolute Gasteiger partial charge is 0.399 e. The molecule has 0 aliphatic carbocycles. The van der Waals surface area contributed by atoms with Gasteiger partial charge in [0.05, 0.1) is 0 Å². The number of nitrogens with one attached hydrogen (secondary N) is 2. The Bertz CT molecular complexity index is 452. The van der Waals surface area contributed by atoms with E-state index in [-0.39, 0.29) is 11.8 Å². The van der Waals surface area contributed by atoms with E-state index in [1.165, 1.54) is 13.1 Å². The Balaban J connectivity index is 2.54. The van der Waals surface area contributed by atoms with Gasteiger partial charge in [0, 0.05) is 18.8 Å². The Morgan fingerprint density at radius 2 is 1.89 bits per heavy atom. The average molecular weight is 247 g/mol. The van der Waals surface area contributed by atoms with E-state index in [1.807, 2.05) is 0 Å². The summed E-state index contributed by atoms with van der Waals surface area (Å²) in [6.45, 7) is 1.62. The first kappa shape index (κ1) is 13.8. The predicted octanol–water partition coefficient (Wildman–Crippen LogP) is 0.533. The molecular weight excluding hydrogens is 230 g/mol. The molecule has 96 valence electrons. The van der Waals surface area contributed by atoms with Crippen molar-refractivity contribution in [3.8, 4) is 0 Å². The van der Waals surface area contributed by atoms with Crippen molar-refractivity contribution < 1.29 is 9.59 Å². The number of rotatable bonds is 4. The maximum Gasteiger partial charge on any atom is 0.244 e. The normalized spacial score (nSPS) is 12.1. The highest BCUT2D eigenvalue weighted by molar-refractivity contribution is 5.95. The zero-order valence-electron chi connectivity index (χ0n) is 10.4. The lowest BCUT2D eigenvalue weighted by Gasteiger charge is -2.09. The van der Waals surface area contributed by atoms with Crippen LogP contribution in [-0.2, 0) is 9.59 Å². The highest BCUT2D eigenvalue weighted by atomic mass is 16.2. The third-order valence-corrected chi connectivity index (χ3v) is 2.36. The van der Waals surface area contributed by atoms with Crippen LogP contribution >= 0.6 is 0 Å². The number of benzene rings is 1. The van der Waals surface area contributed by atoms with Crippen LogP contribution < -0.4 is 16.4 Å². The van der Waals surface area contributed by atoms with E-state index in [0.29, 0.717) is 5.69 Å². The monoisotopic (exact) mass is 247 g/mol. The lowest BCUT2D eigenvalue weighted by Crippen LogP contribution is -2.42. The van der Waals surface area contributed by atoms with E-state index in [9.17, 15) is 9.59 Å². The summed E-state index contributed by atoms with van der Waals surface area (Å²) in [5.41, 5.74) is 7.09. The zero-order valence-corrected chi connectivity index (χ0v) is 10.4. The first-order chi connectivity index (χ1) is 8.52. The van der Waals surface area contributed by atoms with Crippen molar-refractivity contribution in [2.75, 3.05) is 12.8 Å². The van der Waals surface area contributed by atoms with Gasteiger partial charge in [-0.3, -0.25) is 9.59 Å². The number of carbonyl (C=O) groups is 2. The topological polar surface area (TPSA) is 84.2 Å². The van der Waals surface area contributed by atoms with Crippen molar-refractivity contribution in [2.24, 2.45) is 0 Å². The Morgan fingerprint density at radius 1 is 1.28 bits per heavy atom. The molecule has 0 radical (unpaired) electrons. The van der Waals surface area contributed by atoms with E-state index in [0.717, 1.165) is 5.56 Å². The molecule has 1 rings (SSSR count). The SMILES string of the molecule is CNC(=O)C(C)NC(=O)/C=C/c1ccc(N)cc1. The van der Waals surface area contributed by atoms with E-state index < -0.39 is 6.04 Å². The molecule has 0 aliphatic heterocycles. The summed E-state index contributed by atoms with van der Waals surface area (Å²) in [4.78, 5) is 22.7. The van der Waals surface area contributed by atoms with Gasteiger partial charge in [-0.2, -0.15) is 0 Å². The molecule has 5 nitrogen and oxygen atoms in total. The third-order valence-electron chi connectivity index (χ3n) is 2.36. The number of hydrogen-bond donors (Lipinski definition) is 3. The molecule has 0 heterocycles. The number of amides is 2. The van der Waals surface area contributed by atoms with Crippen LogP contribution in [0.5, 0.6) is 0 Å². The fourth-order valence-electron chi connectivity index (χ4n) is 1.32. The molecule has 0 bridgehead atoms. The number of anilines is 1. The quantitative estimate of drug-likeness (QED) is 0.536. The molecular formula is C13H17N3O2. The molecule has 0 fully saturated rings. The fourth-order valence-corrected chi connectivity index (χ4v) is 1.32. The molecule has 1 unspecified atom stereocenters. The number of hydrogen-bond acceptors (Lipinski definition) is 3. The predicted molar refractivity (Wildman–Crippen MR) is 71.6 cm³/mol. The summed E-state index contributed by atoms with van der Waals surface area (Å²) < 4.78 is 0. The number of carbonyl (C=O) groups excluding carboxylic acids is 2. The minimum atomic E-state index is -0.557. The highest BCUT2D eigenvalue weighted by Gasteiger charge is 2.11. The first-order valence-electron chi connectivity index (χ1n) is 5.58. The van der Waals surface area contributed by atoms with Gasteiger partial charge in [0.2, 0.25) is 11.8 Å². The van der Waals surface area contributed by atoms with Gasteiger partial charge in [-0.15, -0.1) is 0 Å². The van der Waals surface area contributed by atoms with Gasteiger partial charge in [0.25, 0.3) is 0 Å². The van der Waals surface area contributed by atoms with Gasteiger partial charge < -0.3 is 16.4 Å². The van der Waals surface area contributed by atoms with Gasteiger partial charge in [-0.25, -0.2) is 0 Å². The summed E-state index contributed by atoms with van der Waals surface area (Å²) >= 11 is 0. The molecule has 1 aromatic rings. The smallest absolute Gasteiger partial charge is 0.244 e. The van der Waals surface area contributed by atoms with Crippen LogP contribution in [0.3, 0.4) is 0 Å². The summed E-state index contributed by atoms with van der Waals surface area (Å²) in [6.07, 6.45) is 3.04. The van der Waals surface area contributed by atoms with Crippen molar-refractivity contribution in [1.29, 1.82) is 0 Å². The standard InChI is InChI=1S/C13H17N3O2/c1-9(13(18)15-2)16-12(17)8-5-10-3-6-11(14)7-4-10/h3-9H,14H2,1-2H3,(H,15,18)(H,16,17)/b8-5+. The van der Waals surface area contributed by atoms with Crippen molar-refractivity contribution in [1.82, 2.24) is 10.6 Å². The maximum absolute atomic E-state index is 11.5. The number of nitrogens with two attached hydrogens (primary N) is 1. The molecule has 0 saturated heterocycles. The molecule has 0 aliphatic rings. The summed E-state index contributed by atoms with van der Waals surface area (Å²) in [5, 5.41) is 5.01. The molecule has 4 N–H and O–H groups in total. The second-order valence-electron chi connectivity index (χ2n) is 3.84. The van der Waals surface area contributed by atoms with Crippen LogP contribution in [-0.4, -0.2) is 24.9 Å². The lowest BCUT2D eigenvalue weighted by atomic mass is 10.2. The molecule has 0 aromatic heterocycles. The Hall–Kier alpha value is -2.30. The molecule has 2 amide bonds. The second kappa shape index (κ2) is 6.44. The van der Waals surface area contributed by atoms with Gasteiger partial charge >= 0.3 is 0 Å². The molecule has 18 heavy (non-hydrogen) atoms. The number of nitrogen functional groups attached to an aromatic ring is 1. The number of likely N-dealkylation sites (N-methyl/N-ethyl adjacent to an activating group) is 1. The Labute approximate surface area is 106 Å². The Morgan fingerprint density at radius 3 is 2.44 bits per heavy atom. The molecule has 0 spiro atoms. The minimum Gasteiger partial charge on any atom is -0.399 e. The van der Waals surface area contributed by atoms with E-state index >= 15 is 0 Å². The average Bonchev–Trinajstić information content (AvgIpc) is 2.37. The van der Waals surface area contributed by atoms with Gasteiger partial charge in [-0.1, -0.05) is 12.1 Å². The van der Waals surface area contributed by atoms with Crippen molar-refractivity contribution in [3.05, 3.63) is 35.9 Å². The lowest BCUT2D eigenvalue weighted by molar-refractivity contribution is -0.126. The molecule has 5 heteroatoms. The van der Waals surface area contributed by atoms with Crippen molar-refractivity contribution in [3.63, 3.8) is 0 Å². The molecule has 1 aromatic carbocycles. The summed E-state index contributed by atoms with van der Waals surface area (Å²) in [7, 11) is 1.52. The van der Waals surface area contributed by atoms with Crippen LogP contribution in [0.4, 0.5) is 5.69 Å². The third kappa shape index (κ3) is 4.29. The second-order valence-corrected chi connectivity index (χ2v) is 3.84. The van der Waals surface area contributed by atoms with Crippen LogP contribution in [0.15, 0.2) is 30.3 Å². The van der Waals surface area contributed by atoms with E-state index in [2.05, 4.69) is 10.6 Å². The molecule has 0 saturated carbocycles. The van der Waals surface area contributed by atoms with Crippen LogP contribution in [0, 0.1) is 0 Å². The van der Waals surface area contributed by atoms with Crippen LogP contribution in [0.1, 0.15) is 12.5 Å². The molecule has 1 atom stereocenters. The maximum atomic E-state index is 11.5. The summed E-state index contributed by atoms with van der Waals surface area (Å²) in [6, 6.07) is 6.57. The van der Waals surface area contributed by atoms with E-state index in [1.54, 1.807) is 37.3 Å². The van der Waals surface area contributed by atoms with Crippen LogP contribution in [0.25, 0.3) is 6.08 Å². The summed E-state index contributed by atoms with van der Waals surface area (Å²) in [5.74, 6) is -0.549. The van der Waals surface area contributed by atoms with Crippen LogP contribution in [0.2, 0.25) is 0 Å². The van der Waals surface area contributed by atoms with Gasteiger partial charge in [0.15, 0.2) is 0 Å². The first-order valence-corrected chi connectivity index (χ1v) is 5.58. The van der Waals surface area contributed by atoms with Gasteiger partial charge in [-0.05, 0) is 30.7 Å².